The van der Waals surface area contributed by atoms with Crippen molar-refractivity contribution in [3.63, 3.8) is 0 Å². The van der Waals surface area contributed by atoms with E-state index >= 15 is 0 Å². The molecule has 0 spiro atoms. The highest BCUT2D eigenvalue weighted by atomic mass is 16.6. The van der Waals surface area contributed by atoms with E-state index in [1.54, 1.807) is 13.8 Å². The van der Waals surface area contributed by atoms with Gasteiger partial charge in [-0.3, -0.25) is 19.7 Å². The van der Waals surface area contributed by atoms with Gasteiger partial charge in [-0.1, -0.05) is 20.8 Å². The molecule has 7 nitrogen and oxygen atoms in total. The summed E-state index contributed by atoms with van der Waals surface area (Å²) < 4.78 is 4.84. The summed E-state index contributed by atoms with van der Waals surface area (Å²) in [6.45, 7) is 8.75. The lowest BCUT2D eigenvalue weighted by atomic mass is 9.78. The number of primary amides is 1. The van der Waals surface area contributed by atoms with Crippen LogP contribution in [0.4, 0.5) is 5.69 Å². The molecule has 0 unspecified atom stereocenters. The average molecular weight is 308 g/mol. The Balaban J connectivity index is 3.79. The highest BCUT2D eigenvalue weighted by Crippen LogP contribution is 2.40. The number of nitrogens with zero attached hydrogens (tertiary/aromatic N) is 1. The average Bonchev–Trinajstić information content (AvgIpc) is 2.36. The molecule has 0 bridgehead atoms. The monoisotopic (exact) mass is 308 g/mol. The van der Waals surface area contributed by atoms with Crippen molar-refractivity contribution in [2.45, 2.75) is 45.4 Å². The number of benzene rings is 1. The summed E-state index contributed by atoms with van der Waals surface area (Å²) >= 11 is 0. The molecule has 0 radical (unpaired) electrons. The maximum atomic E-state index is 11.7. The minimum Gasteiger partial charge on any atom is -0.428 e. The normalized spacial score (nSPS) is 11.9. The number of rotatable bonds is 5. The van der Waals surface area contributed by atoms with E-state index in [0.717, 1.165) is 6.07 Å². The van der Waals surface area contributed by atoms with Gasteiger partial charge in [0.05, 0.1) is 16.4 Å². The minimum absolute atomic E-state index is 0.0431. The largest absolute Gasteiger partial charge is 0.428 e. The molecule has 0 saturated heterocycles. The molecule has 0 aromatic heterocycles. The van der Waals surface area contributed by atoms with Gasteiger partial charge in [0.15, 0.2) is 0 Å². The standard InChI is InChI=1S/C15H20N2O5/c1-14(2,3)9-6-10(15(4,5)13(16)19)12(22-8-18)7-11(9)17(20)21/h6-8H,1-5H3,(H2,16,19). The van der Waals surface area contributed by atoms with Gasteiger partial charge in [0.25, 0.3) is 12.2 Å². The zero-order valence-electron chi connectivity index (χ0n) is 13.3. The number of nitro benzene ring substituents is 1. The van der Waals surface area contributed by atoms with Gasteiger partial charge in [-0.25, -0.2) is 0 Å². The van der Waals surface area contributed by atoms with Crippen LogP contribution in [0.2, 0.25) is 0 Å². The molecule has 0 heterocycles. The predicted molar refractivity (Wildman–Crippen MR) is 80.7 cm³/mol. The number of hydrogen-bond donors (Lipinski definition) is 1. The highest BCUT2D eigenvalue weighted by Gasteiger charge is 2.35. The van der Waals surface area contributed by atoms with Crippen LogP contribution in [-0.2, 0) is 20.4 Å². The van der Waals surface area contributed by atoms with E-state index in [9.17, 15) is 19.7 Å². The zero-order chi connectivity index (χ0) is 17.3. The van der Waals surface area contributed by atoms with Crippen LogP contribution in [0.15, 0.2) is 12.1 Å². The Labute approximate surface area is 128 Å². The first-order valence-corrected chi connectivity index (χ1v) is 6.66. The Morgan fingerprint density at radius 1 is 1.23 bits per heavy atom. The number of nitrogens with two attached hydrogens (primary N) is 1. The van der Waals surface area contributed by atoms with E-state index in [1.165, 1.54) is 6.07 Å². The maximum absolute atomic E-state index is 11.7. The van der Waals surface area contributed by atoms with Gasteiger partial charge >= 0.3 is 0 Å². The molecular weight excluding hydrogens is 288 g/mol. The van der Waals surface area contributed by atoms with Gasteiger partial charge in [-0.05, 0) is 25.3 Å². The summed E-state index contributed by atoms with van der Waals surface area (Å²) in [7, 11) is 0. The van der Waals surface area contributed by atoms with Crippen molar-refractivity contribution in [1.29, 1.82) is 0 Å². The Morgan fingerprint density at radius 2 is 1.77 bits per heavy atom. The molecule has 0 aliphatic carbocycles. The molecule has 0 atom stereocenters. The van der Waals surface area contributed by atoms with E-state index in [-0.39, 0.29) is 17.9 Å². The second kappa shape index (κ2) is 5.75. The molecule has 0 aliphatic heterocycles. The van der Waals surface area contributed by atoms with Crippen LogP contribution in [0.1, 0.15) is 45.7 Å². The van der Waals surface area contributed by atoms with Crippen LogP contribution in [0.5, 0.6) is 5.75 Å². The molecule has 1 amide bonds. The second-order valence-electron chi connectivity index (χ2n) is 6.58. The number of amides is 1. The second-order valence-corrected chi connectivity index (χ2v) is 6.58. The summed E-state index contributed by atoms with van der Waals surface area (Å²) in [4.78, 5) is 33.1. The van der Waals surface area contributed by atoms with Crippen LogP contribution in [0, 0.1) is 10.1 Å². The summed E-state index contributed by atoms with van der Waals surface area (Å²) in [6.07, 6.45) is 0. The van der Waals surface area contributed by atoms with E-state index < -0.39 is 21.7 Å². The van der Waals surface area contributed by atoms with Crippen molar-refractivity contribution in [3.05, 3.63) is 33.4 Å². The van der Waals surface area contributed by atoms with Crippen molar-refractivity contribution in [2.24, 2.45) is 5.73 Å². The van der Waals surface area contributed by atoms with Gasteiger partial charge < -0.3 is 10.5 Å². The Morgan fingerprint density at radius 3 is 2.14 bits per heavy atom. The third-order valence-corrected chi connectivity index (χ3v) is 3.57. The van der Waals surface area contributed by atoms with Gasteiger partial charge in [-0.15, -0.1) is 0 Å². The van der Waals surface area contributed by atoms with Crippen LogP contribution in [-0.4, -0.2) is 17.3 Å². The smallest absolute Gasteiger partial charge is 0.298 e. The number of hydrogen-bond acceptors (Lipinski definition) is 5. The summed E-state index contributed by atoms with van der Waals surface area (Å²) in [6, 6.07) is 2.68. The van der Waals surface area contributed by atoms with Gasteiger partial charge in [0.1, 0.15) is 5.75 Å². The minimum atomic E-state index is -1.15. The van der Waals surface area contributed by atoms with Gasteiger partial charge in [0.2, 0.25) is 5.91 Å². The molecule has 1 aromatic carbocycles. The Kier molecular flexibility index (Phi) is 4.60. The van der Waals surface area contributed by atoms with Crippen molar-refractivity contribution in [3.8, 4) is 5.75 Å². The fraction of sp³-hybridized carbons (Fsp3) is 0.467. The molecule has 0 aliphatic rings. The molecule has 1 aromatic rings. The maximum Gasteiger partial charge on any atom is 0.298 e. The van der Waals surface area contributed by atoms with Crippen molar-refractivity contribution < 1.29 is 19.2 Å². The molecule has 7 heteroatoms. The van der Waals surface area contributed by atoms with Crippen LogP contribution < -0.4 is 10.5 Å². The fourth-order valence-electron chi connectivity index (χ4n) is 2.09. The third-order valence-electron chi connectivity index (χ3n) is 3.57. The molecule has 22 heavy (non-hydrogen) atoms. The Bertz CT molecular complexity index is 630. The number of carbonyl (C=O) groups is 2. The van der Waals surface area contributed by atoms with Crippen LogP contribution in [0.3, 0.4) is 0 Å². The summed E-state index contributed by atoms with van der Waals surface area (Å²) in [5.41, 5.74) is 4.32. The first-order valence-electron chi connectivity index (χ1n) is 6.66. The SMILES string of the molecule is CC(C)(C)c1cc(C(C)(C)C(N)=O)c(OC=O)cc1[N+](=O)[O-]. The predicted octanol–water partition coefficient (Wildman–Crippen LogP) is 2.19. The van der Waals surface area contributed by atoms with E-state index in [0.29, 0.717) is 11.1 Å². The topological polar surface area (TPSA) is 113 Å². The summed E-state index contributed by atoms with van der Waals surface area (Å²) in [5.74, 6) is -0.671. The quantitative estimate of drug-likeness (QED) is 0.509. The first kappa shape index (κ1) is 17.6. The lowest BCUT2D eigenvalue weighted by Crippen LogP contribution is -2.36. The third kappa shape index (κ3) is 3.24. The molecular formula is C15H20N2O5. The van der Waals surface area contributed by atoms with Crippen LogP contribution in [0.25, 0.3) is 0 Å². The lowest BCUT2D eigenvalue weighted by molar-refractivity contribution is -0.386. The molecule has 1 rings (SSSR count). The molecule has 120 valence electrons. The number of nitro groups is 1. The van der Waals surface area contributed by atoms with Gasteiger partial charge in [-0.2, -0.15) is 0 Å². The van der Waals surface area contributed by atoms with Crippen molar-refractivity contribution in [2.75, 3.05) is 0 Å². The molecule has 0 fully saturated rings. The van der Waals surface area contributed by atoms with E-state index in [2.05, 4.69) is 0 Å². The van der Waals surface area contributed by atoms with Crippen molar-refractivity contribution >= 4 is 18.1 Å². The molecule has 2 N–H and O–H groups in total. The number of carbonyl (C=O) groups excluding carboxylic acids is 2. The zero-order valence-corrected chi connectivity index (χ0v) is 13.3. The first-order chi connectivity index (χ1) is 9.92. The fourth-order valence-corrected chi connectivity index (χ4v) is 2.09. The van der Waals surface area contributed by atoms with E-state index in [1.807, 2.05) is 20.8 Å². The Hall–Kier alpha value is -2.44. The number of ether oxygens (including phenoxy) is 1. The lowest BCUT2D eigenvalue weighted by Gasteiger charge is -2.27. The van der Waals surface area contributed by atoms with Gasteiger partial charge in [0, 0.05) is 11.1 Å². The van der Waals surface area contributed by atoms with Crippen molar-refractivity contribution in [1.82, 2.24) is 0 Å². The highest BCUT2D eigenvalue weighted by molar-refractivity contribution is 5.87. The van der Waals surface area contributed by atoms with Crippen LogP contribution >= 0.6 is 0 Å². The van der Waals surface area contributed by atoms with E-state index in [4.69, 9.17) is 10.5 Å². The molecule has 0 saturated carbocycles. The summed E-state index contributed by atoms with van der Waals surface area (Å²) in [5, 5.41) is 11.3.